The van der Waals surface area contributed by atoms with E-state index in [9.17, 15) is 13.2 Å². The van der Waals surface area contributed by atoms with Crippen LogP contribution in [-0.2, 0) is 14.8 Å². The van der Waals surface area contributed by atoms with Gasteiger partial charge in [0.25, 0.3) is 0 Å². The molecule has 2 rings (SSSR count). The van der Waals surface area contributed by atoms with Gasteiger partial charge in [-0.3, -0.25) is 4.79 Å². The number of carbonyl (C=O) groups excluding carboxylic acids is 1. The van der Waals surface area contributed by atoms with Gasteiger partial charge < -0.3 is 10.2 Å². The molecule has 19 heavy (non-hydrogen) atoms. The van der Waals surface area contributed by atoms with Crippen LogP contribution in [0.25, 0.3) is 0 Å². The van der Waals surface area contributed by atoms with Gasteiger partial charge in [0.2, 0.25) is 15.9 Å². The van der Waals surface area contributed by atoms with E-state index in [1.54, 1.807) is 0 Å². The number of carbonyl (C=O) groups is 1. The molecule has 0 saturated carbocycles. The largest absolute Gasteiger partial charge is 0.341 e. The van der Waals surface area contributed by atoms with Gasteiger partial charge in [-0.05, 0) is 25.8 Å². The van der Waals surface area contributed by atoms with Crippen LogP contribution in [0.4, 0.5) is 0 Å². The Kier molecular flexibility index (Phi) is 4.81. The van der Waals surface area contributed by atoms with Crippen molar-refractivity contribution < 1.29 is 13.2 Å². The van der Waals surface area contributed by atoms with Gasteiger partial charge in [-0.1, -0.05) is 0 Å². The van der Waals surface area contributed by atoms with Gasteiger partial charge in [-0.2, -0.15) is 0 Å². The fourth-order valence-electron chi connectivity index (χ4n) is 2.77. The van der Waals surface area contributed by atoms with E-state index in [0.717, 1.165) is 32.4 Å². The zero-order valence-electron chi connectivity index (χ0n) is 11.5. The molecular weight excluding hydrogens is 266 g/mol. The fraction of sp³-hybridized carbons (Fsp3) is 0.917. The zero-order chi connectivity index (χ0) is 13.9. The first kappa shape index (κ1) is 14.7. The van der Waals surface area contributed by atoms with Crippen molar-refractivity contribution in [3.05, 3.63) is 0 Å². The van der Waals surface area contributed by atoms with Crippen molar-refractivity contribution >= 4 is 15.9 Å². The van der Waals surface area contributed by atoms with Gasteiger partial charge in [0.05, 0.1) is 12.2 Å². The van der Waals surface area contributed by atoms with E-state index in [4.69, 9.17) is 0 Å². The summed E-state index contributed by atoms with van der Waals surface area (Å²) in [7, 11) is -3.14. The molecular formula is C12H23N3O3S. The number of hydrogen-bond donors (Lipinski definition) is 1. The molecule has 2 heterocycles. The average molecular weight is 289 g/mol. The third-order valence-electron chi connectivity index (χ3n) is 3.88. The molecule has 0 aromatic rings. The Labute approximate surface area is 115 Å². The SMILES string of the molecule is CS(=O)(=O)N1CCCN(C(=O)C2CCCNC2)CC1. The first-order chi connectivity index (χ1) is 8.98. The monoisotopic (exact) mass is 289 g/mol. The molecule has 6 nitrogen and oxygen atoms in total. The third-order valence-corrected chi connectivity index (χ3v) is 5.18. The molecule has 0 aromatic heterocycles. The molecule has 0 aliphatic carbocycles. The molecule has 2 aliphatic heterocycles. The predicted octanol–water partition coefficient (Wildman–Crippen LogP) is -0.520. The molecule has 1 atom stereocenters. The normalized spacial score (nSPS) is 27.0. The maximum atomic E-state index is 12.4. The lowest BCUT2D eigenvalue weighted by atomic mass is 9.98. The second kappa shape index (κ2) is 6.19. The highest BCUT2D eigenvalue weighted by Gasteiger charge is 2.28. The fourth-order valence-corrected chi connectivity index (χ4v) is 3.64. The average Bonchev–Trinajstić information content (AvgIpc) is 2.64. The Morgan fingerprint density at radius 2 is 1.95 bits per heavy atom. The van der Waals surface area contributed by atoms with Crippen LogP contribution in [0, 0.1) is 5.92 Å². The number of nitrogens with zero attached hydrogens (tertiary/aromatic N) is 2. The molecule has 0 radical (unpaired) electrons. The van der Waals surface area contributed by atoms with Crippen molar-refractivity contribution in [1.29, 1.82) is 0 Å². The van der Waals surface area contributed by atoms with Crippen LogP contribution in [0.1, 0.15) is 19.3 Å². The minimum atomic E-state index is -3.14. The summed E-state index contributed by atoms with van der Waals surface area (Å²) < 4.78 is 24.5. The lowest BCUT2D eigenvalue weighted by Crippen LogP contribution is -2.44. The van der Waals surface area contributed by atoms with Crippen LogP contribution in [0.5, 0.6) is 0 Å². The molecule has 0 aromatic carbocycles. The first-order valence-corrected chi connectivity index (χ1v) is 8.78. The highest BCUT2D eigenvalue weighted by atomic mass is 32.2. The number of amides is 1. The van der Waals surface area contributed by atoms with Crippen molar-refractivity contribution in [1.82, 2.24) is 14.5 Å². The molecule has 2 aliphatic rings. The van der Waals surface area contributed by atoms with Crippen molar-refractivity contribution in [3.63, 3.8) is 0 Å². The number of nitrogens with one attached hydrogen (secondary N) is 1. The summed E-state index contributed by atoms with van der Waals surface area (Å²) in [5.74, 6) is 0.251. The highest BCUT2D eigenvalue weighted by Crippen LogP contribution is 2.15. The smallest absolute Gasteiger partial charge is 0.227 e. The highest BCUT2D eigenvalue weighted by molar-refractivity contribution is 7.88. The minimum absolute atomic E-state index is 0.0681. The van der Waals surface area contributed by atoms with Crippen LogP contribution in [0.2, 0.25) is 0 Å². The summed E-state index contributed by atoms with van der Waals surface area (Å²) in [4.78, 5) is 14.2. The summed E-state index contributed by atoms with van der Waals surface area (Å²) >= 11 is 0. The molecule has 2 saturated heterocycles. The van der Waals surface area contributed by atoms with Gasteiger partial charge in [0, 0.05) is 32.7 Å². The maximum absolute atomic E-state index is 12.4. The number of piperidine rings is 1. The lowest BCUT2D eigenvalue weighted by Gasteiger charge is -2.28. The Balaban J connectivity index is 1.93. The second-order valence-corrected chi connectivity index (χ2v) is 7.37. The molecule has 2 fully saturated rings. The molecule has 110 valence electrons. The molecule has 7 heteroatoms. The van der Waals surface area contributed by atoms with Gasteiger partial charge in [0.15, 0.2) is 0 Å². The predicted molar refractivity (Wildman–Crippen MR) is 73.2 cm³/mol. The first-order valence-electron chi connectivity index (χ1n) is 6.93. The summed E-state index contributed by atoms with van der Waals surface area (Å²) in [6.07, 6.45) is 3.94. The van der Waals surface area contributed by atoms with Crippen molar-refractivity contribution in [2.45, 2.75) is 19.3 Å². The minimum Gasteiger partial charge on any atom is -0.341 e. The number of rotatable bonds is 2. The molecule has 0 spiro atoms. The second-order valence-electron chi connectivity index (χ2n) is 5.38. The van der Waals surface area contributed by atoms with Crippen LogP contribution in [0.3, 0.4) is 0 Å². The maximum Gasteiger partial charge on any atom is 0.227 e. The van der Waals surface area contributed by atoms with Crippen LogP contribution >= 0.6 is 0 Å². The Bertz CT molecular complexity index is 418. The Hall–Kier alpha value is -0.660. The van der Waals surface area contributed by atoms with E-state index in [-0.39, 0.29) is 11.8 Å². The van der Waals surface area contributed by atoms with Gasteiger partial charge >= 0.3 is 0 Å². The Morgan fingerprint density at radius 3 is 2.58 bits per heavy atom. The van der Waals surface area contributed by atoms with Crippen LogP contribution < -0.4 is 5.32 Å². The molecule has 0 bridgehead atoms. The van der Waals surface area contributed by atoms with E-state index in [2.05, 4.69) is 5.32 Å². The van der Waals surface area contributed by atoms with Crippen LogP contribution in [-0.4, -0.2) is 69.1 Å². The van der Waals surface area contributed by atoms with Gasteiger partial charge in [-0.15, -0.1) is 0 Å². The topological polar surface area (TPSA) is 69.7 Å². The molecule has 1 amide bonds. The van der Waals surface area contributed by atoms with E-state index < -0.39 is 10.0 Å². The molecule has 1 N–H and O–H groups in total. The number of hydrogen-bond acceptors (Lipinski definition) is 4. The van der Waals surface area contributed by atoms with E-state index in [1.165, 1.54) is 10.6 Å². The quantitative estimate of drug-likeness (QED) is 0.743. The van der Waals surface area contributed by atoms with Crippen molar-refractivity contribution in [2.75, 3.05) is 45.5 Å². The van der Waals surface area contributed by atoms with E-state index >= 15 is 0 Å². The zero-order valence-corrected chi connectivity index (χ0v) is 12.3. The standard InChI is InChI=1S/C12H23N3O3S/c1-19(17,18)15-7-3-6-14(8-9-15)12(16)11-4-2-5-13-10-11/h11,13H,2-10H2,1H3. The summed E-state index contributed by atoms with van der Waals surface area (Å²) in [5, 5.41) is 3.25. The summed E-state index contributed by atoms with van der Waals surface area (Å²) in [6.45, 7) is 3.87. The number of sulfonamides is 1. The van der Waals surface area contributed by atoms with E-state index in [1.807, 2.05) is 4.90 Å². The summed E-state index contributed by atoms with van der Waals surface area (Å²) in [5.41, 5.74) is 0. The van der Waals surface area contributed by atoms with Gasteiger partial charge in [0.1, 0.15) is 0 Å². The van der Waals surface area contributed by atoms with Crippen LogP contribution in [0.15, 0.2) is 0 Å². The van der Waals surface area contributed by atoms with E-state index in [0.29, 0.717) is 26.2 Å². The van der Waals surface area contributed by atoms with Crippen molar-refractivity contribution in [3.8, 4) is 0 Å². The summed E-state index contributed by atoms with van der Waals surface area (Å²) in [6, 6.07) is 0. The van der Waals surface area contributed by atoms with Crippen molar-refractivity contribution in [2.24, 2.45) is 5.92 Å². The molecule has 1 unspecified atom stereocenters. The van der Waals surface area contributed by atoms with Gasteiger partial charge in [-0.25, -0.2) is 12.7 Å². The lowest BCUT2D eigenvalue weighted by molar-refractivity contribution is -0.135. The Morgan fingerprint density at radius 1 is 1.16 bits per heavy atom. The third kappa shape index (κ3) is 3.90.